The average Bonchev–Trinajstić information content (AvgIpc) is 2.53. The van der Waals surface area contributed by atoms with Crippen LogP contribution in [0.3, 0.4) is 0 Å². The molecule has 0 aliphatic rings. The molecule has 7 heteroatoms. The lowest BCUT2D eigenvalue weighted by atomic mass is 10.1. The van der Waals surface area contributed by atoms with E-state index in [2.05, 4.69) is 4.98 Å². The normalized spacial score (nSPS) is 11.4. The fourth-order valence-corrected chi connectivity index (χ4v) is 2.79. The third kappa shape index (κ3) is 4.40. The van der Waals surface area contributed by atoms with E-state index < -0.39 is 15.9 Å². The van der Waals surface area contributed by atoms with Gasteiger partial charge in [0.1, 0.15) is 10.6 Å². The highest BCUT2D eigenvalue weighted by molar-refractivity contribution is 7.90. The summed E-state index contributed by atoms with van der Waals surface area (Å²) >= 11 is 0. The van der Waals surface area contributed by atoms with Gasteiger partial charge in [0.15, 0.2) is 0 Å². The molecule has 0 aliphatic heterocycles. The molecule has 120 valence electrons. The molecule has 0 radical (unpaired) electrons. The van der Waals surface area contributed by atoms with E-state index in [1.165, 1.54) is 37.7 Å². The van der Waals surface area contributed by atoms with Gasteiger partial charge < -0.3 is 4.74 Å². The molecule has 6 nitrogen and oxygen atoms in total. The largest absolute Gasteiger partial charge is 0.496 e. The number of benzene rings is 1. The molecule has 2 rings (SSSR count). The van der Waals surface area contributed by atoms with Crippen molar-refractivity contribution in [3.05, 3.63) is 59.9 Å². The number of rotatable bonds is 5. The van der Waals surface area contributed by atoms with E-state index in [-0.39, 0.29) is 4.90 Å². The van der Waals surface area contributed by atoms with Crippen molar-refractivity contribution in [2.75, 3.05) is 7.11 Å². The van der Waals surface area contributed by atoms with E-state index in [0.717, 1.165) is 11.6 Å². The maximum atomic E-state index is 12.0. The second-order valence-electron chi connectivity index (χ2n) is 4.74. The maximum Gasteiger partial charge on any atom is 0.265 e. The molecule has 1 aromatic heterocycles. The van der Waals surface area contributed by atoms with Crippen LogP contribution in [0, 0.1) is 6.92 Å². The molecule has 0 saturated carbocycles. The smallest absolute Gasteiger partial charge is 0.265 e. The zero-order valence-electron chi connectivity index (χ0n) is 12.7. The topological polar surface area (TPSA) is 85.4 Å². The Morgan fingerprint density at radius 3 is 2.74 bits per heavy atom. The molecule has 23 heavy (non-hydrogen) atoms. The van der Waals surface area contributed by atoms with Gasteiger partial charge in [-0.1, -0.05) is 11.6 Å². The summed E-state index contributed by atoms with van der Waals surface area (Å²) in [4.78, 5) is 15.5. The molecule has 0 unspecified atom stereocenters. The van der Waals surface area contributed by atoms with Crippen molar-refractivity contribution in [3.8, 4) is 5.75 Å². The van der Waals surface area contributed by atoms with Gasteiger partial charge in [0.25, 0.3) is 15.9 Å². The molecule has 0 bridgehead atoms. The average molecular weight is 332 g/mol. The number of amides is 1. The molecule has 0 fully saturated rings. The van der Waals surface area contributed by atoms with Crippen LogP contribution in [0.2, 0.25) is 0 Å². The van der Waals surface area contributed by atoms with Crippen LogP contribution >= 0.6 is 0 Å². The van der Waals surface area contributed by atoms with Crippen LogP contribution < -0.4 is 9.46 Å². The molecule has 0 spiro atoms. The summed E-state index contributed by atoms with van der Waals surface area (Å²) < 4.78 is 31.2. The van der Waals surface area contributed by atoms with Crippen LogP contribution in [0.1, 0.15) is 11.1 Å². The Balaban J connectivity index is 2.15. The van der Waals surface area contributed by atoms with Crippen molar-refractivity contribution in [3.63, 3.8) is 0 Å². The van der Waals surface area contributed by atoms with E-state index in [9.17, 15) is 13.2 Å². The Hall–Kier alpha value is -2.67. The summed E-state index contributed by atoms with van der Waals surface area (Å²) in [7, 11) is -2.41. The molecule has 1 heterocycles. The highest BCUT2D eigenvalue weighted by Gasteiger charge is 2.16. The second kappa shape index (κ2) is 7.06. The van der Waals surface area contributed by atoms with Crippen LogP contribution in [-0.2, 0) is 14.8 Å². The number of hydrogen-bond acceptors (Lipinski definition) is 5. The van der Waals surface area contributed by atoms with Gasteiger partial charge >= 0.3 is 0 Å². The lowest BCUT2D eigenvalue weighted by molar-refractivity contribution is -0.114. The summed E-state index contributed by atoms with van der Waals surface area (Å²) in [6.45, 7) is 1.91. The van der Waals surface area contributed by atoms with E-state index in [4.69, 9.17) is 4.74 Å². The predicted octanol–water partition coefficient (Wildman–Crippen LogP) is 1.92. The first-order valence-electron chi connectivity index (χ1n) is 6.72. The zero-order chi connectivity index (χ0) is 16.9. The highest BCUT2D eigenvalue weighted by Crippen LogP contribution is 2.20. The molecular weight excluding hydrogens is 316 g/mol. The number of ether oxygens (including phenoxy) is 1. The minimum atomic E-state index is -3.93. The van der Waals surface area contributed by atoms with Crippen LogP contribution in [0.25, 0.3) is 6.08 Å². The summed E-state index contributed by atoms with van der Waals surface area (Å²) in [6, 6.07) is 8.32. The predicted molar refractivity (Wildman–Crippen MR) is 86.3 cm³/mol. The van der Waals surface area contributed by atoms with E-state index in [1.54, 1.807) is 6.07 Å². The fraction of sp³-hybridized carbons (Fsp3) is 0.125. The molecular formula is C16H16N2O4S. The Labute approximate surface area is 134 Å². The van der Waals surface area contributed by atoms with Crippen molar-refractivity contribution >= 4 is 22.0 Å². The number of nitrogens with zero attached hydrogens (tertiary/aromatic N) is 1. The summed E-state index contributed by atoms with van der Waals surface area (Å²) in [5.74, 6) is -0.160. The van der Waals surface area contributed by atoms with E-state index >= 15 is 0 Å². The monoisotopic (exact) mass is 332 g/mol. The lowest BCUT2D eigenvalue weighted by Crippen LogP contribution is -2.29. The first kappa shape index (κ1) is 16.7. The molecule has 0 saturated heterocycles. The second-order valence-corrected chi connectivity index (χ2v) is 6.42. The van der Waals surface area contributed by atoms with Gasteiger partial charge in [0.2, 0.25) is 0 Å². The van der Waals surface area contributed by atoms with E-state index in [0.29, 0.717) is 11.3 Å². The van der Waals surface area contributed by atoms with Gasteiger partial charge in [0.05, 0.1) is 7.11 Å². The fourth-order valence-electron chi connectivity index (χ4n) is 1.88. The molecule has 0 atom stereocenters. The van der Waals surface area contributed by atoms with Crippen molar-refractivity contribution in [1.29, 1.82) is 0 Å². The summed E-state index contributed by atoms with van der Waals surface area (Å²) in [5.41, 5.74) is 1.68. The van der Waals surface area contributed by atoms with Gasteiger partial charge in [-0.3, -0.25) is 9.78 Å². The number of sulfonamides is 1. The zero-order valence-corrected chi connectivity index (χ0v) is 13.5. The Morgan fingerprint density at radius 1 is 1.30 bits per heavy atom. The minimum Gasteiger partial charge on any atom is -0.496 e. The molecule has 1 aromatic carbocycles. The number of carbonyl (C=O) groups is 1. The van der Waals surface area contributed by atoms with Gasteiger partial charge in [-0.05, 0) is 37.3 Å². The van der Waals surface area contributed by atoms with Gasteiger partial charge in [-0.25, -0.2) is 13.1 Å². The maximum absolute atomic E-state index is 12.0. The van der Waals surface area contributed by atoms with E-state index in [1.807, 2.05) is 23.8 Å². The van der Waals surface area contributed by atoms with Crippen molar-refractivity contribution in [1.82, 2.24) is 9.71 Å². The molecule has 0 aliphatic carbocycles. The third-order valence-electron chi connectivity index (χ3n) is 2.98. The summed E-state index contributed by atoms with van der Waals surface area (Å²) in [5, 5.41) is 0. The Kier molecular flexibility index (Phi) is 5.13. The van der Waals surface area contributed by atoms with Gasteiger partial charge in [-0.15, -0.1) is 0 Å². The number of hydrogen-bond donors (Lipinski definition) is 1. The van der Waals surface area contributed by atoms with Gasteiger partial charge in [0, 0.05) is 24.0 Å². The quantitative estimate of drug-likeness (QED) is 0.846. The van der Waals surface area contributed by atoms with Crippen molar-refractivity contribution in [2.24, 2.45) is 0 Å². The molecule has 1 amide bonds. The summed E-state index contributed by atoms with van der Waals surface area (Å²) in [6.07, 6.45) is 5.26. The number of pyridine rings is 1. The SMILES string of the molecule is COc1ccc(C)cc1/C=C/C(=O)NS(=O)(=O)c1cccnc1. The number of methoxy groups -OCH3 is 1. The third-order valence-corrected chi connectivity index (χ3v) is 4.31. The number of carbonyl (C=O) groups excluding carboxylic acids is 1. The van der Waals surface area contributed by atoms with Crippen molar-refractivity contribution < 1.29 is 17.9 Å². The number of nitrogens with one attached hydrogen (secondary N) is 1. The molecule has 1 N–H and O–H groups in total. The minimum absolute atomic E-state index is 0.0742. The first-order valence-corrected chi connectivity index (χ1v) is 8.20. The number of aromatic nitrogens is 1. The standard InChI is InChI=1S/C16H16N2O4S/c1-12-5-7-15(22-2)13(10-12)6-8-16(19)18-23(20,21)14-4-3-9-17-11-14/h3-11H,1-2H3,(H,18,19)/b8-6+. The first-order chi connectivity index (χ1) is 10.9. The van der Waals surface area contributed by atoms with Crippen LogP contribution in [0.15, 0.2) is 53.7 Å². The Bertz CT molecular complexity index is 830. The number of aryl methyl sites for hydroxylation is 1. The van der Waals surface area contributed by atoms with Crippen LogP contribution in [-0.4, -0.2) is 26.4 Å². The highest BCUT2D eigenvalue weighted by atomic mass is 32.2. The van der Waals surface area contributed by atoms with Crippen LogP contribution in [0.5, 0.6) is 5.75 Å². The lowest BCUT2D eigenvalue weighted by Gasteiger charge is -2.06. The van der Waals surface area contributed by atoms with Gasteiger partial charge in [-0.2, -0.15) is 0 Å². The molecule has 2 aromatic rings. The van der Waals surface area contributed by atoms with Crippen molar-refractivity contribution in [2.45, 2.75) is 11.8 Å². The van der Waals surface area contributed by atoms with Crippen LogP contribution in [0.4, 0.5) is 0 Å². The Morgan fingerprint density at radius 2 is 2.09 bits per heavy atom.